The average Bonchev–Trinajstić information content (AvgIpc) is 2.29. The molecule has 0 saturated carbocycles. The van der Waals surface area contributed by atoms with Crippen molar-refractivity contribution in [2.24, 2.45) is 0 Å². The fraction of sp³-hybridized carbons (Fsp3) is 0.385. The Bertz CT molecular complexity index is 432. The minimum absolute atomic E-state index is 0. The molecule has 0 aliphatic heterocycles. The molecule has 1 rings (SSSR count). The van der Waals surface area contributed by atoms with Gasteiger partial charge in [0.25, 0.3) is 0 Å². The Morgan fingerprint density at radius 2 is 1.63 bits per heavy atom. The zero-order valence-corrected chi connectivity index (χ0v) is 12.1. The molecule has 0 unspecified atom stereocenters. The van der Waals surface area contributed by atoms with E-state index >= 15 is 0 Å². The Morgan fingerprint density at radius 3 is 2.05 bits per heavy atom. The lowest BCUT2D eigenvalue weighted by molar-refractivity contribution is -0.129. The highest BCUT2D eigenvalue weighted by molar-refractivity contribution is 5.87. The third kappa shape index (κ3) is 5.72. The van der Waals surface area contributed by atoms with Crippen LogP contribution < -0.4 is 0 Å². The summed E-state index contributed by atoms with van der Waals surface area (Å²) in [4.78, 5) is 25.6. The van der Waals surface area contributed by atoms with Crippen LogP contribution in [0, 0.1) is 0 Å². The molecule has 0 atom stereocenters. The third-order valence-electron chi connectivity index (χ3n) is 2.56. The first-order chi connectivity index (χ1) is 8.40. The lowest BCUT2D eigenvalue weighted by atomic mass is 10.1. The van der Waals surface area contributed by atoms with Crippen molar-refractivity contribution in [2.45, 2.75) is 6.54 Å². The van der Waals surface area contributed by atoms with Gasteiger partial charge in [-0.1, -0.05) is 12.1 Å². The lowest BCUT2D eigenvalue weighted by Gasteiger charge is -2.18. The molecule has 0 fully saturated rings. The van der Waals surface area contributed by atoms with Gasteiger partial charge in [-0.05, 0) is 24.7 Å². The smallest absolute Gasteiger partial charge is 0.335 e. The van der Waals surface area contributed by atoms with E-state index < -0.39 is 5.97 Å². The largest absolute Gasteiger partial charge is 0.478 e. The molecule has 0 heterocycles. The van der Waals surface area contributed by atoms with Gasteiger partial charge < -0.3 is 10.0 Å². The van der Waals surface area contributed by atoms with Crippen LogP contribution in [0.5, 0.6) is 0 Å². The van der Waals surface area contributed by atoms with Gasteiger partial charge in [0.15, 0.2) is 0 Å². The van der Waals surface area contributed by atoms with Gasteiger partial charge in [-0.15, -0.1) is 12.4 Å². The van der Waals surface area contributed by atoms with Gasteiger partial charge in [0, 0.05) is 20.6 Å². The minimum Gasteiger partial charge on any atom is -0.478 e. The van der Waals surface area contributed by atoms with Crippen molar-refractivity contribution in [1.29, 1.82) is 0 Å². The molecule has 1 aromatic rings. The van der Waals surface area contributed by atoms with Crippen molar-refractivity contribution in [1.82, 2.24) is 9.80 Å². The number of likely N-dealkylation sites (N-methyl/N-ethyl adjacent to an activating group) is 2. The average molecular weight is 287 g/mol. The van der Waals surface area contributed by atoms with Crippen molar-refractivity contribution in [3.8, 4) is 0 Å². The summed E-state index contributed by atoms with van der Waals surface area (Å²) in [5.74, 6) is -0.891. The highest BCUT2D eigenvalue weighted by Crippen LogP contribution is 2.06. The van der Waals surface area contributed by atoms with Crippen molar-refractivity contribution < 1.29 is 14.7 Å². The Hall–Kier alpha value is -1.59. The number of carbonyl (C=O) groups excluding carboxylic acids is 1. The van der Waals surface area contributed by atoms with Crippen LogP contribution in [-0.2, 0) is 11.3 Å². The monoisotopic (exact) mass is 286 g/mol. The number of carbonyl (C=O) groups is 2. The maximum Gasteiger partial charge on any atom is 0.335 e. The molecule has 6 heteroatoms. The molecule has 0 aliphatic carbocycles. The van der Waals surface area contributed by atoms with Gasteiger partial charge in [0.2, 0.25) is 5.91 Å². The summed E-state index contributed by atoms with van der Waals surface area (Å²) in [5.41, 5.74) is 1.25. The maximum absolute atomic E-state index is 11.5. The van der Waals surface area contributed by atoms with E-state index in [1.165, 1.54) is 0 Å². The highest BCUT2D eigenvalue weighted by atomic mass is 35.5. The van der Waals surface area contributed by atoms with Gasteiger partial charge in [-0.3, -0.25) is 9.69 Å². The quantitative estimate of drug-likeness (QED) is 0.887. The third-order valence-corrected chi connectivity index (χ3v) is 2.56. The van der Waals surface area contributed by atoms with E-state index in [-0.39, 0.29) is 23.9 Å². The van der Waals surface area contributed by atoms with Crippen molar-refractivity contribution in [3.63, 3.8) is 0 Å². The number of carboxylic acid groups (broad SMARTS) is 1. The maximum atomic E-state index is 11.5. The summed E-state index contributed by atoms with van der Waals surface area (Å²) in [5, 5.41) is 8.78. The first-order valence-corrected chi connectivity index (χ1v) is 5.61. The standard InChI is InChI=1S/C13H18N2O3.ClH/c1-14(2)12(16)9-15(3)8-10-4-6-11(7-5-10)13(17)18;/h4-7H,8-9H2,1-3H3,(H,17,18);1H. The van der Waals surface area contributed by atoms with Gasteiger partial charge in [-0.25, -0.2) is 4.79 Å². The first-order valence-electron chi connectivity index (χ1n) is 5.61. The van der Waals surface area contributed by atoms with Crippen LogP contribution in [0.25, 0.3) is 0 Å². The van der Waals surface area contributed by atoms with Gasteiger partial charge in [0.05, 0.1) is 12.1 Å². The van der Waals surface area contributed by atoms with Crippen LogP contribution in [0.1, 0.15) is 15.9 Å². The number of halogens is 1. The van der Waals surface area contributed by atoms with Crippen LogP contribution in [-0.4, -0.2) is 54.5 Å². The fourth-order valence-electron chi connectivity index (χ4n) is 1.49. The van der Waals surface area contributed by atoms with Crippen LogP contribution in [0.15, 0.2) is 24.3 Å². The summed E-state index contributed by atoms with van der Waals surface area (Å²) in [7, 11) is 5.29. The minimum atomic E-state index is -0.933. The van der Waals surface area contributed by atoms with Gasteiger partial charge in [0.1, 0.15) is 0 Å². The predicted molar refractivity (Wildman–Crippen MR) is 75.7 cm³/mol. The molecule has 5 nitrogen and oxygen atoms in total. The molecule has 0 aliphatic rings. The molecule has 0 aromatic heterocycles. The second kappa shape index (κ2) is 7.76. The molecule has 19 heavy (non-hydrogen) atoms. The summed E-state index contributed by atoms with van der Waals surface area (Å²) >= 11 is 0. The fourth-order valence-corrected chi connectivity index (χ4v) is 1.49. The number of amides is 1. The molecule has 0 radical (unpaired) electrons. The van der Waals surface area contributed by atoms with E-state index in [0.717, 1.165) is 5.56 Å². The molecule has 0 saturated heterocycles. The van der Waals surface area contributed by atoms with Crippen molar-refractivity contribution in [3.05, 3.63) is 35.4 Å². The van der Waals surface area contributed by atoms with Crippen LogP contribution >= 0.6 is 12.4 Å². The Kier molecular flexibility index (Phi) is 7.11. The first kappa shape index (κ1) is 17.4. The molecular formula is C13H19ClN2O3. The summed E-state index contributed by atoms with van der Waals surface area (Å²) < 4.78 is 0. The Labute approximate surface area is 119 Å². The number of rotatable bonds is 5. The lowest BCUT2D eigenvalue weighted by Crippen LogP contribution is -2.34. The normalized spacial score (nSPS) is 9.89. The van der Waals surface area contributed by atoms with E-state index in [1.807, 2.05) is 11.9 Å². The summed E-state index contributed by atoms with van der Waals surface area (Å²) in [6.07, 6.45) is 0. The summed E-state index contributed by atoms with van der Waals surface area (Å²) in [6.45, 7) is 0.952. The molecule has 1 aromatic carbocycles. The molecule has 0 bridgehead atoms. The molecule has 106 valence electrons. The number of aromatic carboxylic acids is 1. The number of benzene rings is 1. The van der Waals surface area contributed by atoms with E-state index in [9.17, 15) is 9.59 Å². The highest BCUT2D eigenvalue weighted by Gasteiger charge is 2.09. The molecular weight excluding hydrogens is 268 g/mol. The zero-order valence-electron chi connectivity index (χ0n) is 11.3. The van der Waals surface area contributed by atoms with E-state index in [0.29, 0.717) is 13.1 Å². The summed E-state index contributed by atoms with van der Waals surface area (Å²) in [6, 6.07) is 6.67. The number of hydrogen-bond acceptors (Lipinski definition) is 3. The van der Waals surface area contributed by atoms with E-state index in [2.05, 4.69) is 0 Å². The van der Waals surface area contributed by atoms with Crippen LogP contribution in [0.3, 0.4) is 0 Å². The number of hydrogen-bond donors (Lipinski definition) is 1. The molecule has 1 N–H and O–H groups in total. The van der Waals surface area contributed by atoms with Crippen LogP contribution in [0.4, 0.5) is 0 Å². The predicted octanol–water partition coefficient (Wildman–Crippen LogP) is 1.33. The van der Waals surface area contributed by atoms with E-state index in [4.69, 9.17) is 5.11 Å². The Morgan fingerprint density at radius 1 is 1.11 bits per heavy atom. The molecule has 0 spiro atoms. The van der Waals surface area contributed by atoms with Gasteiger partial charge >= 0.3 is 5.97 Å². The van der Waals surface area contributed by atoms with Crippen LogP contribution in [0.2, 0.25) is 0 Å². The second-order valence-electron chi connectivity index (χ2n) is 4.46. The van der Waals surface area contributed by atoms with Gasteiger partial charge in [-0.2, -0.15) is 0 Å². The second-order valence-corrected chi connectivity index (χ2v) is 4.46. The van der Waals surface area contributed by atoms with E-state index in [1.54, 1.807) is 43.3 Å². The van der Waals surface area contributed by atoms with Crippen molar-refractivity contribution in [2.75, 3.05) is 27.7 Å². The molecule has 1 amide bonds. The zero-order chi connectivity index (χ0) is 13.7. The number of nitrogens with zero attached hydrogens (tertiary/aromatic N) is 2. The van der Waals surface area contributed by atoms with Crippen molar-refractivity contribution >= 4 is 24.3 Å². The SMILES string of the molecule is CN(CC(=O)N(C)C)Cc1ccc(C(=O)O)cc1.Cl. The topological polar surface area (TPSA) is 60.9 Å². The Balaban J connectivity index is 0.00000324. The number of carboxylic acids is 1.